The Morgan fingerprint density at radius 3 is 2.48 bits per heavy atom. The van der Waals surface area contributed by atoms with Gasteiger partial charge in [-0.25, -0.2) is 4.79 Å². The van der Waals surface area contributed by atoms with E-state index in [0.717, 1.165) is 15.6 Å². The molecule has 130 valence electrons. The number of halogens is 1. The van der Waals surface area contributed by atoms with E-state index in [1.54, 1.807) is 6.08 Å². The van der Waals surface area contributed by atoms with E-state index in [-0.39, 0.29) is 18.4 Å². The quantitative estimate of drug-likeness (QED) is 0.564. The Bertz CT molecular complexity index is 726. The fourth-order valence-electron chi connectivity index (χ4n) is 2.14. The molecule has 0 radical (unpaired) electrons. The normalized spacial score (nSPS) is 11.9. The predicted octanol–water partition coefficient (Wildman–Crippen LogP) is 3.93. The Kier molecular flexibility index (Phi) is 7.41. The van der Waals surface area contributed by atoms with Gasteiger partial charge >= 0.3 is 5.97 Å². The first kappa shape index (κ1) is 18.9. The minimum Gasteiger partial charge on any atom is -0.452 e. The highest BCUT2D eigenvalue weighted by molar-refractivity contribution is 9.10. The van der Waals surface area contributed by atoms with E-state index in [1.807, 2.05) is 61.5 Å². The van der Waals surface area contributed by atoms with Gasteiger partial charge in [-0.15, -0.1) is 0 Å². The lowest BCUT2D eigenvalue weighted by Gasteiger charge is -2.12. The monoisotopic (exact) mass is 401 g/mol. The molecule has 0 aliphatic heterocycles. The van der Waals surface area contributed by atoms with Crippen molar-refractivity contribution in [1.29, 1.82) is 0 Å². The first-order chi connectivity index (χ1) is 12.0. The summed E-state index contributed by atoms with van der Waals surface area (Å²) < 4.78 is 5.91. The van der Waals surface area contributed by atoms with Gasteiger partial charge in [-0.2, -0.15) is 0 Å². The lowest BCUT2D eigenvalue weighted by molar-refractivity contribution is -0.143. The molecule has 0 heterocycles. The van der Waals surface area contributed by atoms with E-state index in [1.165, 1.54) is 6.08 Å². The molecule has 1 atom stereocenters. The zero-order valence-corrected chi connectivity index (χ0v) is 15.5. The third-order valence-electron chi connectivity index (χ3n) is 3.60. The topological polar surface area (TPSA) is 55.4 Å². The average molecular weight is 402 g/mol. The van der Waals surface area contributed by atoms with Crippen molar-refractivity contribution in [2.24, 2.45) is 0 Å². The summed E-state index contributed by atoms with van der Waals surface area (Å²) in [6.45, 7) is 2.24. The van der Waals surface area contributed by atoms with E-state index in [0.29, 0.717) is 6.54 Å². The number of carbonyl (C=O) groups excluding carboxylic acids is 2. The van der Waals surface area contributed by atoms with E-state index < -0.39 is 5.97 Å². The van der Waals surface area contributed by atoms with Crippen molar-refractivity contribution < 1.29 is 14.3 Å². The first-order valence-corrected chi connectivity index (χ1v) is 8.76. The minimum absolute atomic E-state index is 0.193. The summed E-state index contributed by atoms with van der Waals surface area (Å²) in [7, 11) is 0. The molecule has 0 fully saturated rings. The van der Waals surface area contributed by atoms with Gasteiger partial charge in [-0.1, -0.05) is 65.3 Å². The Labute approximate surface area is 156 Å². The van der Waals surface area contributed by atoms with E-state index in [2.05, 4.69) is 21.2 Å². The molecule has 1 amide bonds. The SMILES string of the molecule is C[C@H](CNC(=O)COC(=O)/C=C/c1ccc(Br)cc1)c1ccccc1. The Morgan fingerprint density at radius 2 is 1.80 bits per heavy atom. The van der Waals surface area contributed by atoms with Crippen LogP contribution in [0.5, 0.6) is 0 Å². The van der Waals surface area contributed by atoms with Gasteiger partial charge in [0.2, 0.25) is 0 Å². The van der Waals surface area contributed by atoms with Crippen LogP contribution in [0.2, 0.25) is 0 Å². The molecule has 4 nitrogen and oxygen atoms in total. The molecule has 0 unspecified atom stereocenters. The number of esters is 1. The first-order valence-electron chi connectivity index (χ1n) is 7.96. The van der Waals surface area contributed by atoms with Crippen molar-refractivity contribution in [3.05, 3.63) is 76.3 Å². The lowest BCUT2D eigenvalue weighted by atomic mass is 10.0. The zero-order chi connectivity index (χ0) is 18.1. The number of nitrogens with one attached hydrogen (secondary N) is 1. The van der Waals surface area contributed by atoms with Gasteiger partial charge in [0.25, 0.3) is 5.91 Å². The highest BCUT2D eigenvalue weighted by Gasteiger charge is 2.09. The molecule has 2 aromatic rings. The number of hydrogen-bond acceptors (Lipinski definition) is 3. The van der Waals surface area contributed by atoms with Gasteiger partial charge in [0, 0.05) is 17.1 Å². The molecule has 5 heteroatoms. The molecule has 0 aromatic heterocycles. The molecular formula is C20H20BrNO3. The largest absolute Gasteiger partial charge is 0.452 e. The summed E-state index contributed by atoms with van der Waals surface area (Å²) >= 11 is 3.35. The number of ether oxygens (including phenoxy) is 1. The molecule has 2 aromatic carbocycles. The Morgan fingerprint density at radius 1 is 1.12 bits per heavy atom. The van der Waals surface area contributed by atoms with Gasteiger partial charge in [0.15, 0.2) is 6.61 Å². The van der Waals surface area contributed by atoms with Crippen LogP contribution in [0.15, 0.2) is 65.1 Å². The molecule has 0 aliphatic rings. The molecule has 1 N–H and O–H groups in total. The second-order valence-electron chi connectivity index (χ2n) is 5.61. The predicted molar refractivity (Wildman–Crippen MR) is 102 cm³/mol. The van der Waals surface area contributed by atoms with Crippen molar-refractivity contribution in [2.45, 2.75) is 12.8 Å². The van der Waals surface area contributed by atoms with E-state index in [9.17, 15) is 9.59 Å². The molecule has 2 rings (SSSR count). The third kappa shape index (κ3) is 6.93. The Balaban J connectivity index is 1.70. The third-order valence-corrected chi connectivity index (χ3v) is 4.13. The molecule has 25 heavy (non-hydrogen) atoms. The summed E-state index contributed by atoms with van der Waals surface area (Å²) in [6, 6.07) is 17.4. The van der Waals surface area contributed by atoms with Crippen LogP contribution in [-0.4, -0.2) is 25.0 Å². The van der Waals surface area contributed by atoms with Gasteiger partial charge in [0.05, 0.1) is 0 Å². The highest BCUT2D eigenvalue weighted by atomic mass is 79.9. The Hall–Kier alpha value is -2.40. The summed E-state index contributed by atoms with van der Waals surface area (Å²) in [6.07, 6.45) is 2.95. The maximum Gasteiger partial charge on any atom is 0.331 e. The molecule has 0 spiro atoms. The molecule has 0 aliphatic carbocycles. The fourth-order valence-corrected chi connectivity index (χ4v) is 2.40. The molecule has 0 bridgehead atoms. The van der Waals surface area contributed by atoms with E-state index >= 15 is 0 Å². The molecule has 0 saturated heterocycles. The summed E-state index contributed by atoms with van der Waals surface area (Å²) in [5.74, 6) is -0.666. The van der Waals surface area contributed by atoms with Crippen molar-refractivity contribution in [3.8, 4) is 0 Å². The summed E-state index contributed by atoms with van der Waals surface area (Å²) in [4.78, 5) is 23.4. The number of carbonyl (C=O) groups is 2. The van der Waals surface area contributed by atoms with Crippen LogP contribution >= 0.6 is 15.9 Å². The van der Waals surface area contributed by atoms with Gasteiger partial charge < -0.3 is 10.1 Å². The van der Waals surface area contributed by atoms with Gasteiger partial charge in [-0.05, 0) is 35.3 Å². The standard InChI is InChI=1S/C20H20BrNO3/c1-15(17-5-3-2-4-6-17)13-22-19(23)14-25-20(24)12-9-16-7-10-18(21)11-8-16/h2-12,15H,13-14H2,1H3,(H,22,23)/b12-9+/t15-/m1/s1. The fraction of sp³-hybridized carbons (Fsp3) is 0.200. The maximum absolute atomic E-state index is 11.8. The van der Waals surface area contributed by atoms with Crippen molar-refractivity contribution in [3.63, 3.8) is 0 Å². The lowest BCUT2D eigenvalue weighted by Crippen LogP contribution is -2.31. The van der Waals surface area contributed by atoms with Gasteiger partial charge in [-0.3, -0.25) is 4.79 Å². The van der Waals surface area contributed by atoms with Crippen molar-refractivity contribution in [2.75, 3.05) is 13.2 Å². The highest BCUT2D eigenvalue weighted by Crippen LogP contribution is 2.13. The molecule has 0 saturated carbocycles. The van der Waals surface area contributed by atoms with Crippen LogP contribution in [0.25, 0.3) is 6.08 Å². The second-order valence-corrected chi connectivity index (χ2v) is 6.52. The van der Waals surface area contributed by atoms with Crippen LogP contribution in [0.3, 0.4) is 0 Å². The average Bonchev–Trinajstić information content (AvgIpc) is 2.64. The maximum atomic E-state index is 11.8. The van der Waals surface area contributed by atoms with Gasteiger partial charge in [0.1, 0.15) is 0 Å². The number of hydrogen-bond donors (Lipinski definition) is 1. The van der Waals surface area contributed by atoms with Crippen LogP contribution in [0, 0.1) is 0 Å². The molecular weight excluding hydrogens is 382 g/mol. The zero-order valence-electron chi connectivity index (χ0n) is 13.9. The number of benzene rings is 2. The van der Waals surface area contributed by atoms with Crippen LogP contribution in [0.1, 0.15) is 24.0 Å². The van der Waals surface area contributed by atoms with Crippen molar-refractivity contribution in [1.82, 2.24) is 5.32 Å². The second kappa shape index (κ2) is 9.79. The smallest absolute Gasteiger partial charge is 0.331 e. The van der Waals surface area contributed by atoms with E-state index in [4.69, 9.17) is 4.74 Å². The van der Waals surface area contributed by atoms with Crippen LogP contribution < -0.4 is 5.32 Å². The van der Waals surface area contributed by atoms with Crippen LogP contribution in [-0.2, 0) is 14.3 Å². The number of amides is 1. The number of rotatable bonds is 7. The van der Waals surface area contributed by atoms with Crippen LogP contribution in [0.4, 0.5) is 0 Å². The summed E-state index contributed by atoms with van der Waals surface area (Å²) in [5, 5.41) is 2.77. The minimum atomic E-state index is -0.547. The summed E-state index contributed by atoms with van der Waals surface area (Å²) in [5.41, 5.74) is 2.03. The van der Waals surface area contributed by atoms with Crippen molar-refractivity contribution >= 4 is 33.9 Å².